The number of hydrogen-bond acceptors (Lipinski definition) is 4. The van der Waals surface area contributed by atoms with Crippen LogP contribution in [0.15, 0.2) is 48.2 Å². The van der Waals surface area contributed by atoms with Crippen LogP contribution in [0.5, 0.6) is 11.5 Å². The summed E-state index contributed by atoms with van der Waals surface area (Å²) < 4.78 is 11.5. The van der Waals surface area contributed by atoms with Crippen molar-refractivity contribution in [1.29, 1.82) is 0 Å². The van der Waals surface area contributed by atoms with E-state index in [2.05, 4.69) is 0 Å². The van der Waals surface area contributed by atoms with Crippen LogP contribution < -0.4 is 9.47 Å². The molecule has 3 rings (SSSR count). The Kier molecular flexibility index (Phi) is 4.21. The first-order valence-electron chi connectivity index (χ1n) is 7.14. The molecule has 2 aromatic rings. The second-order valence-electron chi connectivity index (χ2n) is 4.95. The van der Waals surface area contributed by atoms with Crippen molar-refractivity contribution >= 4 is 17.7 Å². The molecular weight excluding hydrogens is 318 g/mol. The molecule has 0 fully saturated rings. The molecule has 5 nitrogen and oxygen atoms in total. The summed E-state index contributed by atoms with van der Waals surface area (Å²) in [6, 6.07) is 12.2. The van der Waals surface area contributed by atoms with Crippen LogP contribution in [0.25, 0.3) is 6.08 Å². The van der Waals surface area contributed by atoms with Gasteiger partial charge in [-0.25, -0.2) is 0 Å². The third kappa shape index (κ3) is 2.87. The summed E-state index contributed by atoms with van der Waals surface area (Å²) >= 11 is 6.19. The van der Waals surface area contributed by atoms with Crippen LogP contribution in [0.1, 0.15) is 24.2 Å². The van der Waals surface area contributed by atoms with Gasteiger partial charge in [0.05, 0.1) is 11.5 Å². The number of hydrogen-bond donors (Lipinski definition) is 0. The number of para-hydroxylation sites is 1. The van der Waals surface area contributed by atoms with E-state index in [4.69, 9.17) is 21.1 Å². The van der Waals surface area contributed by atoms with E-state index < -0.39 is 11.0 Å². The van der Waals surface area contributed by atoms with Gasteiger partial charge in [0, 0.05) is 22.2 Å². The van der Waals surface area contributed by atoms with Gasteiger partial charge in [-0.15, -0.1) is 0 Å². The van der Waals surface area contributed by atoms with Crippen molar-refractivity contribution in [2.75, 3.05) is 6.61 Å². The molecule has 0 spiro atoms. The van der Waals surface area contributed by atoms with Crippen LogP contribution in [0.2, 0.25) is 5.02 Å². The number of fused-ring (bicyclic) bond motifs is 1. The largest absolute Gasteiger partial charge is 0.490 e. The maximum absolute atomic E-state index is 11.5. The fraction of sp³-hybridized carbons (Fsp3) is 0.176. The normalized spacial score (nSPS) is 16.1. The Hall–Kier alpha value is -2.53. The maximum Gasteiger partial charge on any atom is 0.291 e. The summed E-state index contributed by atoms with van der Waals surface area (Å²) in [5, 5.41) is 11.9. The monoisotopic (exact) mass is 331 g/mol. The molecule has 118 valence electrons. The van der Waals surface area contributed by atoms with E-state index in [1.54, 1.807) is 42.5 Å². The van der Waals surface area contributed by atoms with Gasteiger partial charge in [0.2, 0.25) is 6.10 Å². The van der Waals surface area contributed by atoms with Crippen molar-refractivity contribution in [3.05, 3.63) is 74.4 Å². The molecule has 0 amide bonds. The van der Waals surface area contributed by atoms with E-state index in [1.807, 2.05) is 6.92 Å². The topological polar surface area (TPSA) is 61.6 Å². The lowest BCUT2D eigenvalue weighted by atomic mass is 10.0. The van der Waals surface area contributed by atoms with Crippen molar-refractivity contribution in [3.8, 4) is 11.5 Å². The van der Waals surface area contributed by atoms with E-state index in [0.717, 1.165) is 0 Å². The molecule has 2 aromatic carbocycles. The standard InChI is InChI=1S/C17H14ClNO4/c1-2-22-15-9-5-6-11-10-14(19(20)21)17(23-16(11)15)12-7-3-4-8-13(12)18/h3-10,17H,2H2,1H3. The molecule has 23 heavy (non-hydrogen) atoms. The van der Waals surface area contributed by atoms with Crippen LogP contribution in [0, 0.1) is 10.1 Å². The number of nitrogens with zero attached hydrogens (tertiary/aromatic N) is 1. The summed E-state index contributed by atoms with van der Waals surface area (Å²) in [5.41, 5.74) is 1.11. The molecule has 6 heteroatoms. The van der Waals surface area contributed by atoms with Crippen LogP contribution in [-0.4, -0.2) is 11.5 Å². The first kappa shape index (κ1) is 15.4. The van der Waals surface area contributed by atoms with E-state index in [0.29, 0.717) is 34.3 Å². The number of benzene rings is 2. The molecule has 1 heterocycles. The van der Waals surface area contributed by atoms with Gasteiger partial charge in [0.15, 0.2) is 11.5 Å². The summed E-state index contributed by atoms with van der Waals surface area (Å²) in [6.45, 7) is 2.34. The van der Waals surface area contributed by atoms with Gasteiger partial charge < -0.3 is 9.47 Å². The van der Waals surface area contributed by atoms with E-state index >= 15 is 0 Å². The molecule has 1 atom stereocenters. The predicted octanol–water partition coefficient (Wildman–Crippen LogP) is 4.49. The molecule has 0 N–H and O–H groups in total. The van der Waals surface area contributed by atoms with Crippen molar-refractivity contribution < 1.29 is 14.4 Å². The molecule has 0 saturated carbocycles. The number of rotatable bonds is 4. The lowest BCUT2D eigenvalue weighted by Gasteiger charge is -2.24. The zero-order valence-electron chi connectivity index (χ0n) is 12.4. The molecule has 0 saturated heterocycles. The fourth-order valence-electron chi connectivity index (χ4n) is 2.51. The minimum absolute atomic E-state index is 0.0563. The Labute approximate surface area is 138 Å². The van der Waals surface area contributed by atoms with Crippen LogP contribution >= 0.6 is 11.6 Å². The summed E-state index contributed by atoms with van der Waals surface area (Å²) in [4.78, 5) is 11.0. The zero-order chi connectivity index (χ0) is 16.4. The Morgan fingerprint density at radius 2 is 2.04 bits per heavy atom. The second kappa shape index (κ2) is 6.30. The first-order valence-corrected chi connectivity index (χ1v) is 7.52. The van der Waals surface area contributed by atoms with Gasteiger partial charge in [-0.3, -0.25) is 10.1 Å². The highest BCUT2D eigenvalue weighted by Crippen LogP contribution is 2.44. The molecule has 0 bridgehead atoms. The number of halogens is 1. The van der Waals surface area contributed by atoms with E-state index in [1.165, 1.54) is 6.08 Å². The van der Waals surface area contributed by atoms with Crippen molar-refractivity contribution in [3.63, 3.8) is 0 Å². The fourth-order valence-corrected chi connectivity index (χ4v) is 2.75. The minimum atomic E-state index is -0.882. The van der Waals surface area contributed by atoms with Crippen molar-refractivity contribution in [2.45, 2.75) is 13.0 Å². The molecule has 0 radical (unpaired) electrons. The highest BCUT2D eigenvalue weighted by atomic mass is 35.5. The average Bonchev–Trinajstić information content (AvgIpc) is 2.55. The van der Waals surface area contributed by atoms with Crippen molar-refractivity contribution in [2.24, 2.45) is 0 Å². The van der Waals surface area contributed by atoms with Gasteiger partial charge >= 0.3 is 0 Å². The first-order chi connectivity index (χ1) is 11.1. The molecule has 1 aliphatic rings. The molecule has 1 unspecified atom stereocenters. The Balaban J connectivity index is 2.13. The Morgan fingerprint density at radius 1 is 1.26 bits per heavy atom. The minimum Gasteiger partial charge on any atom is -0.490 e. The van der Waals surface area contributed by atoms with Gasteiger partial charge in [-0.05, 0) is 19.1 Å². The lowest BCUT2D eigenvalue weighted by molar-refractivity contribution is -0.434. The lowest BCUT2D eigenvalue weighted by Crippen LogP contribution is -2.20. The van der Waals surface area contributed by atoms with Gasteiger partial charge in [-0.1, -0.05) is 41.9 Å². The highest BCUT2D eigenvalue weighted by molar-refractivity contribution is 6.31. The number of nitro groups is 1. The third-order valence-electron chi connectivity index (χ3n) is 3.52. The van der Waals surface area contributed by atoms with Gasteiger partial charge in [0.1, 0.15) is 0 Å². The van der Waals surface area contributed by atoms with Gasteiger partial charge in [0.25, 0.3) is 5.70 Å². The second-order valence-corrected chi connectivity index (χ2v) is 5.36. The average molecular weight is 332 g/mol. The maximum atomic E-state index is 11.5. The van der Waals surface area contributed by atoms with Crippen LogP contribution in [0.4, 0.5) is 0 Å². The van der Waals surface area contributed by atoms with Crippen LogP contribution in [0.3, 0.4) is 0 Å². The molecular formula is C17H14ClNO4. The molecule has 0 aromatic heterocycles. The summed E-state index contributed by atoms with van der Waals surface area (Å²) in [5.74, 6) is 1.05. The van der Waals surface area contributed by atoms with Crippen molar-refractivity contribution in [1.82, 2.24) is 0 Å². The smallest absolute Gasteiger partial charge is 0.291 e. The molecule has 0 aliphatic carbocycles. The zero-order valence-corrected chi connectivity index (χ0v) is 13.1. The van der Waals surface area contributed by atoms with E-state index in [-0.39, 0.29) is 5.70 Å². The summed E-state index contributed by atoms with van der Waals surface area (Å²) in [6.07, 6.45) is 0.628. The number of ether oxygens (including phenoxy) is 2. The Bertz CT molecular complexity index is 788. The highest BCUT2D eigenvalue weighted by Gasteiger charge is 2.35. The Morgan fingerprint density at radius 3 is 2.74 bits per heavy atom. The SMILES string of the molecule is CCOc1cccc2c1OC(c1ccccc1Cl)C([N+](=O)[O-])=C2. The predicted molar refractivity (Wildman–Crippen MR) is 87.4 cm³/mol. The quantitative estimate of drug-likeness (QED) is 0.611. The van der Waals surface area contributed by atoms with Crippen LogP contribution in [-0.2, 0) is 0 Å². The third-order valence-corrected chi connectivity index (χ3v) is 3.86. The van der Waals surface area contributed by atoms with Gasteiger partial charge in [-0.2, -0.15) is 0 Å². The summed E-state index contributed by atoms with van der Waals surface area (Å²) in [7, 11) is 0. The molecule has 1 aliphatic heterocycles. The van der Waals surface area contributed by atoms with E-state index in [9.17, 15) is 10.1 Å².